The molecule has 2 rings (SSSR count). The first-order valence-corrected chi connectivity index (χ1v) is 7.49. The lowest BCUT2D eigenvalue weighted by Crippen LogP contribution is -2.36. The van der Waals surface area contributed by atoms with Gasteiger partial charge in [-0.05, 0) is 5.92 Å². The van der Waals surface area contributed by atoms with Gasteiger partial charge in [0.25, 0.3) is 0 Å². The van der Waals surface area contributed by atoms with Crippen LogP contribution < -0.4 is 0 Å². The molecule has 1 N–H and O–H groups in total. The SMILES string of the molecule is CCCCCC(C)CC(=O)N1CCc2[nH]ncc2C1. The standard InChI is InChI=1S/C15H25N3O/c1-3-4-5-6-12(2)9-15(19)18-8-7-14-13(11-18)10-16-17-14/h10,12H,3-9,11H2,1-2H3,(H,16,17). The fourth-order valence-electron chi connectivity index (χ4n) is 2.71. The summed E-state index contributed by atoms with van der Waals surface area (Å²) in [6, 6.07) is 0. The van der Waals surface area contributed by atoms with E-state index in [1.54, 1.807) is 0 Å². The molecular formula is C15H25N3O. The Balaban J connectivity index is 1.78. The van der Waals surface area contributed by atoms with Gasteiger partial charge in [-0.15, -0.1) is 0 Å². The van der Waals surface area contributed by atoms with E-state index in [0.717, 1.165) is 19.5 Å². The first kappa shape index (κ1) is 14.1. The summed E-state index contributed by atoms with van der Waals surface area (Å²) in [4.78, 5) is 14.2. The van der Waals surface area contributed by atoms with Crippen LogP contribution in [0.1, 0.15) is 57.2 Å². The molecule has 0 aromatic carbocycles. The highest BCUT2D eigenvalue weighted by atomic mass is 16.2. The number of H-pyrrole nitrogens is 1. The number of fused-ring (bicyclic) bond motifs is 1. The molecule has 0 spiro atoms. The van der Waals surface area contributed by atoms with Gasteiger partial charge in [0.2, 0.25) is 5.91 Å². The minimum atomic E-state index is 0.302. The third-order valence-corrected chi connectivity index (χ3v) is 3.98. The average Bonchev–Trinajstić information content (AvgIpc) is 2.86. The van der Waals surface area contributed by atoms with E-state index in [4.69, 9.17) is 0 Å². The summed E-state index contributed by atoms with van der Waals surface area (Å²) >= 11 is 0. The van der Waals surface area contributed by atoms with Gasteiger partial charge in [0, 0.05) is 37.2 Å². The van der Waals surface area contributed by atoms with Gasteiger partial charge in [-0.1, -0.05) is 39.5 Å². The van der Waals surface area contributed by atoms with Crippen LogP contribution in [-0.2, 0) is 17.8 Å². The number of hydrogen-bond acceptors (Lipinski definition) is 2. The Kier molecular flexibility index (Phi) is 5.00. The molecule has 1 aromatic heterocycles. The number of unbranched alkanes of at least 4 members (excludes halogenated alkanes) is 2. The maximum absolute atomic E-state index is 12.3. The molecule has 0 aliphatic carbocycles. The van der Waals surface area contributed by atoms with Crippen molar-refractivity contribution in [1.29, 1.82) is 0 Å². The summed E-state index contributed by atoms with van der Waals surface area (Å²) in [5.74, 6) is 0.806. The molecule has 0 saturated carbocycles. The molecule has 1 aliphatic heterocycles. The van der Waals surface area contributed by atoms with Crippen LogP contribution in [0, 0.1) is 5.92 Å². The fraction of sp³-hybridized carbons (Fsp3) is 0.733. The lowest BCUT2D eigenvalue weighted by atomic mass is 9.98. The quantitative estimate of drug-likeness (QED) is 0.802. The van der Waals surface area contributed by atoms with Crippen molar-refractivity contribution in [3.8, 4) is 0 Å². The minimum absolute atomic E-state index is 0.302. The van der Waals surface area contributed by atoms with Crippen LogP contribution >= 0.6 is 0 Å². The van der Waals surface area contributed by atoms with Gasteiger partial charge in [0.15, 0.2) is 0 Å². The van der Waals surface area contributed by atoms with Crippen molar-refractivity contribution in [2.24, 2.45) is 5.92 Å². The highest BCUT2D eigenvalue weighted by molar-refractivity contribution is 5.76. The van der Waals surface area contributed by atoms with E-state index in [0.29, 0.717) is 18.2 Å². The number of amides is 1. The van der Waals surface area contributed by atoms with Crippen LogP contribution in [0.2, 0.25) is 0 Å². The van der Waals surface area contributed by atoms with Gasteiger partial charge < -0.3 is 4.90 Å². The molecule has 4 heteroatoms. The molecule has 2 heterocycles. The van der Waals surface area contributed by atoms with Gasteiger partial charge in [-0.3, -0.25) is 9.89 Å². The first-order chi connectivity index (χ1) is 9.20. The summed E-state index contributed by atoms with van der Waals surface area (Å²) in [5.41, 5.74) is 2.37. The van der Waals surface area contributed by atoms with Crippen LogP contribution in [0.5, 0.6) is 0 Å². The maximum atomic E-state index is 12.3. The molecule has 0 fully saturated rings. The molecule has 4 nitrogen and oxygen atoms in total. The van der Waals surface area contributed by atoms with Crippen molar-refractivity contribution in [2.75, 3.05) is 6.54 Å². The van der Waals surface area contributed by atoms with Crippen LogP contribution in [-0.4, -0.2) is 27.5 Å². The Labute approximate surface area is 115 Å². The van der Waals surface area contributed by atoms with Crippen molar-refractivity contribution in [3.63, 3.8) is 0 Å². The molecule has 0 bridgehead atoms. The lowest BCUT2D eigenvalue weighted by molar-refractivity contribution is -0.133. The zero-order chi connectivity index (χ0) is 13.7. The third kappa shape index (κ3) is 3.82. The van der Waals surface area contributed by atoms with Crippen LogP contribution in [0.25, 0.3) is 0 Å². The Morgan fingerprint density at radius 3 is 3.16 bits per heavy atom. The second kappa shape index (κ2) is 6.73. The van der Waals surface area contributed by atoms with E-state index < -0.39 is 0 Å². The molecule has 19 heavy (non-hydrogen) atoms. The second-order valence-electron chi connectivity index (χ2n) is 5.74. The van der Waals surface area contributed by atoms with Crippen LogP contribution in [0.15, 0.2) is 6.20 Å². The van der Waals surface area contributed by atoms with Crippen molar-refractivity contribution >= 4 is 5.91 Å². The second-order valence-corrected chi connectivity index (χ2v) is 5.74. The van der Waals surface area contributed by atoms with Crippen molar-refractivity contribution in [2.45, 2.75) is 58.9 Å². The van der Waals surface area contributed by atoms with Crippen LogP contribution in [0.3, 0.4) is 0 Å². The minimum Gasteiger partial charge on any atom is -0.338 e. The van der Waals surface area contributed by atoms with Gasteiger partial charge >= 0.3 is 0 Å². The lowest BCUT2D eigenvalue weighted by Gasteiger charge is -2.27. The van der Waals surface area contributed by atoms with Crippen molar-refractivity contribution in [3.05, 3.63) is 17.5 Å². The molecule has 1 unspecified atom stereocenters. The van der Waals surface area contributed by atoms with E-state index in [9.17, 15) is 4.79 Å². The average molecular weight is 263 g/mol. The highest BCUT2D eigenvalue weighted by Gasteiger charge is 2.22. The number of aromatic nitrogens is 2. The molecule has 106 valence electrons. The van der Waals surface area contributed by atoms with Gasteiger partial charge in [-0.25, -0.2) is 0 Å². The summed E-state index contributed by atoms with van der Waals surface area (Å²) in [5, 5.41) is 7.05. The van der Waals surface area contributed by atoms with E-state index in [1.165, 1.54) is 36.9 Å². The Morgan fingerprint density at radius 1 is 1.53 bits per heavy atom. The fourth-order valence-corrected chi connectivity index (χ4v) is 2.71. The normalized spacial score (nSPS) is 16.2. The zero-order valence-corrected chi connectivity index (χ0v) is 12.1. The molecular weight excluding hydrogens is 238 g/mol. The maximum Gasteiger partial charge on any atom is 0.223 e. The molecule has 1 aromatic rings. The van der Waals surface area contributed by atoms with Crippen molar-refractivity contribution in [1.82, 2.24) is 15.1 Å². The van der Waals surface area contributed by atoms with E-state index in [2.05, 4.69) is 24.0 Å². The molecule has 0 saturated heterocycles. The summed E-state index contributed by atoms with van der Waals surface area (Å²) in [6.07, 6.45) is 8.39. The van der Waals surface area contributed by atoms with E-state index in [1.807, 2.05) is 11.1 Å². The predicted molar refractivity (Wildman–Crippen MR) is 75.6 cm³/mol. The number of hydrogen-bond donors (Lipinski definition) is 1. The van der Waals surface area contributed by atoms with Gasteiger partial charge in [0.1, 0.15) is 0 Å². The molecule has 1 amide bonds. The highest BCUT2D eigenvalue weighted by Crippen LogP contribution is 2.19. The van der Waals surface area contributed by atoms with Gasteiger partial charge in [-0.2, -0.15) is 5.10 Å². The molecule has 0 radical (unpaired) electrons. The monoisotopic (exact) mass is 263 g/mol. The number of rotatable bonds is 6. The van der Waals surface area contributed by atoms with Crippen LogP contribution in [0.4, 0.5) is 0 Å². The topological polar surface area (TPSA) is 49.0 Å². The Bertz CT molecular complexity index is 413. The van der Waals surface area contributed by atoms with Gasteiger partial charge in [0.05, 0.1) is 6.20 Å². The number of carbonyl (C=O) groups excluding carboxylic acids is 1. The smallest absolute Gasteiger partial charge is 0.223 e. The zero-order valence-electron chi connectivity index (χ0n) is 12.1. The summed E-state index contributed by atoms with van der Waals surface area (Å²) < 4.78 is 0. The molecule has 1 aliphatic rings. The molecule has 1 atom stereocenters. The third-order valence-electron chi connectivity index (χ3n) is 3.98. The Hall–Kier alpha value is -1.32. The van der Waals surface area contributed by atoms with Crippen molar-refractivity contribution < 1.29 is 4.79 Å². The van der Waals surface area contributed by atoms with E-state index in [-0.39, 0.29) is 0 Å². The predicted octanol–water partition coefficient (Wildman–Crippen LogP) is 2.90. The number of nitrogens with zero attached hydrogens (tertiary/aromatic N) is 2. The number of carbonyl (C=O) groups is 1. The largest absolute Gasteiger partial charge is 0.338 e. The number of aromatic amines is 1. The first-order valence-electron chi connectivity index (χ1n) is 7.49. The summed E-state index contributed by atoms with van der Waals surface area (Å²) in [7, 11) is 0. The van der Waals surface area contributed by atoms with E-state index >= 15 is 0 Å². The summed E-state index contributed by atoms with van der Waals surface area (Å²) in [6.45, 7) is 5.97. The Morgan fingerprint density at radius 2 is 2.37 bits per heavy atom. The number of nitrogens with one attached hydrogen (secondary N) is 1.